The van der Waals surface area contributed by atoms with Crippen molar-refractivity contribution in [3.63, 3.8) is 0 Å². The molecule has 1 amide bonds. The molecule has 0 saturated heterocycles. The maximum Gasteiger partial charge on any atom is 0.251 e. The number of carbonyl (C=O) groups excluding carboxylic acids is 1. The molecule has 0 saturated carbocycles. The summed E-state index contributed by atoms with van der Waals surface area (Å²) in [5.41, 5.74) is 3.67. The van der Waals surface area contributed by atoms with Gasteiger partial charge >= 0.3 is 0 Å². The average Bonchev–Trinajstić information content (AvgIpc) is 3.01. The van der Waals surface area contributed by atoms with Crippen LogP contribution >= 0.6 is 0 Å². The second-order valence-electron chi connectivity index (χ2n) is 5.43. The van der Waals surface area contributed by atoms with Gasteiger partial charge in [-0.15, -0.1) is 0 Å². The quantitative estimate of drug-likeness (QED) is 0.803. The van der Waals surface area contributed by atoms with E-state index in [0.29, 0.717) is 17.3 Å². The highest BCUT2D eigenvalue weighted by molar-refractivity contribution is 5.94. The maximum atomic E-state index is 12.1. The van der Waals surface area contributed by atoms with Crippen molar-refractivity contribution in [2.45, 2.75) is 20.4 Å². The topological polar surface area (TPSA) is 68.0 Å². The Morgan fingerprint density at radius 3 is 2.57 bits per heavy atom. The molecular formula is C18H17N3O2. The molecule has 0 atom stereocenters. The summed E-state index contributed by atoms with van der Waals surface area (Å²) < 4.78 is 5.19. The SMILES string of the molecule is Cc1cccc(C(=O)NCc2nc(-c3cccc(C)c3)no2)c1. The maximum absolute atomic E-state index is 12.1. The molecule has 0 aliphatic heterocycles. The van der Waals surface area contributed by atoms with Gasteiger partial charge in [-0.3, -0.25) is 4.79 Å². The zero-order valence-corrected chi connectivity index (χ0v) is 13.0. The van der Waals surface area contributed by atoms with Crippen LogP contribution in [0.1, 0.15) is 27.4 Å². The van der Waals surface area contributed by atoms with E-state index in [-0.39, 0.29) is 12.5 Å². The Balaban J connectivity index is 1.67. The van der Waals surface area contributed by atoms with Crippen LogP contribution in [0.3, 0.4) is 0 Å². The zero-order chi connectivity index (χ0) is 16.2. The lowest BCUT2D eigenvalue weighted by Gasteiger charge is -2.02. The van der Waals surface area contributed by atoms with Gasteiger partial charge < -0.3 is 9.84 Å². The van der Waals surface area contributed by atoms with Gasteiger partial charge in [0.05, 0.1) is 6.54 Å². The molecule has 0 spiro atoms. The number of amides is 1. The largest absolute Gasteiger partial charge is 0.343 e. The molecule has 0 aliphatic carbocycles. The van der Waals surface area contributed by atoms with Crippen molar-refractivity contribution in [2.75, 3.05) is 0 Å². The molecule has 2 aromatic carbocycles. The number of aryl methyl sites for hydroxylation is 2. The Hall–Kier alpha value is -2.95. The molecule has 0 unspecified atom stereocenters. The predicted molar refractivity (Wildman–Crippen MR) is 86.8 cm³/mol. The summed E-state index contributed by atoms with van der Waals surface area (Å²) in [5.74, 6) is 0.736. The molecule has 23 heavy (non-hydrogen) atoms. The Labute approximate surface area is 134 Å². The van der Waals surface area contributed by atoms with E-state index in [2.05, 4.69) is 15.5 Å². The van der Waals surface area contributed by atoms with E-state index in [1.54, 1.807) is 6.07 Å². The summed E-state index contributed by atoms with van der Waals surface area (Å²) in [5, 5.41) is 6.74. The summed E-state index contributed by atoms with van der Waals surface area (Å²) in [7, 11) is 0. The molecule has 0 bridgehead atoms. The fraction of sp³-hybridized carbons (Fsp3) is 0.167. The van der Waals surface area contributed by atoms with Crippen molar-refractivity contribution in [2.24, 2.45) is 0 Å². The van der Waals surface area contributed by atoms with Gasteiger partial charge in [-0.2, -0.15) is 4.98 Å². The van der Waals surface area contributed by atoms with E-state index in [9.17, 15) is 4.79 Å². The number of benzene rings is 2. The van der Waals surface area contributed by atoms with Crippen LogP contribution in [0.4, 0.5) is 0 Å². The van der Waals surface area contributed by atoms with E-state index in [4.69, 9.17) is 4.52 Å². The minimum Gasteiger partial charge on any atom is -0.343 e. The highest BCUT2D eigenvalue weighted by Gasteiger charge is 2.11. The smallest absolute Gasteiger partial charge is 0.251 e. The number of carbonyl (C=O) groups is 1. The van der Waals surface area contributed by atoms with Crippen LogP contribution in [0.15, 0.2) is 53.1 Å². The molecular weight excluding hydrogens is 290 g/mol. The number of rotatable bonds is 4. The van der Waals surface area contributed by atoms with Crippen LogP contribution in [0.5, 0.6) is 0 Å². The first-order chi connectivity index (χ1) is 11.1. The molecule has 1 heterocycles. The zero-order valence-electron chi connectivity index (χ0n) is 13.0. The van der Waals surface area contributed by atoms with E-state index >= 15 is 0 Å². The molecule has 5 heteroatoms. The number of nitrogens with zero attached hydrogens (tertiary/aromatic N) is 2. The van der Waals surface area contributed by atoms with Crippen molar-refractivity contribution in [3.8, 4) is 11.4 Å². The van der Waals surface area contributed by atoms with Crippen LogP contribution in [-0.2, 0) is 6.54 Å². The van der Waals surface area contributed by atoms with Gasteiger partial charge in [0.1, 0.15) is 0 Å². The lowest BCUT2D eigenvalue weighted by Crippen LogP contribution is -2.22. The molecule has 3 rings (SSSR count). The van der Waals surface area contributed by atoms with Crippen LogP contribution < -0.4 is 5.32 Å². The van der Waals surface area contributed by atoms with Gasteiger partial charge in [-0.25, -0.2) is 0 Å². The first-order valence-corrected chi connectivity index (χ1v) is 7.36. The standard InChI is InChI=1S/C18H17N3O2/c1-12-5-3-7-14(9-12)17-20-16(23-21-17)11-19-18(22)15-8-4-6-13(2)10-15/h3-10H,11H2,1-2H3,(H,19,22). The minimum absolute atomic E-state index is 0.163. The van der Waals surface area contributed by atoms with Crippen molar-refractivity contribution in [3.05, 3.63) is 71.1 Å². The first-order valence-electron chi connectivity index (χ1n) is 7.36. The third kappa shape index (κ3) is 3.63. The highest BCUT2D eigenvalue weighted by Crippen LogP contribution is 2.16. The molecule has 0 aliphatic rings. The van der Waals surface area contributed by atoms with Crippen LogP contribution in [0.2, 0.25) is 0 Å². The minimum atomic E-state index is -0.163. The van der Waals surface area contributed by atoms with Gasteiger partial charge in [-0.05, 0) is 32.0 Å². The number of nitrogens with one attached hydrogen (secondary N) is 1. The van der Waals surface area contributed by atoms with Crippen LogP contribution in [0, 0.1) is 13.8 Å². The Morgan fingerprint density at radius 1 is 1.09 bits per heavy atom. The van der Waals surface area contributed by atoms with Crippen molar-refractivity contribution in [1.29, 1.82) is 0 Å². The summed E-state index contributed by atoms with van der Waals surface area (Å²) in [6.45, 7) is 4.15. The van der Waals surface area contributed by atoms with Gasteiger partial charge in [0.2, 0.25) is 11.7 Å². The lowest BCUT2D eigenvalue weighted by molar-refractivity contribution is 0.0946. The van der Waals surface area contributed by atoms with E-state index in [1.165, 1.54) is 0 Å². The second-order valence-corrected chi connectivity index (χ2v) is 5.43. The third-order valence-corrected chi connectivity index (χ3v) is 3.42. The van der Waals surface area contributed by atoms with Gasteiger partial charge in [0, 0.05) is 11.1 Å². The molecule has 0 fully saturated rings. The monoisotopic (exact) mass is 307 g/mol. The van der Waals surface area contributed by atoms with Crippen molar-refractivity contribution < 1.29 is 9.32 Å². The highest BCUT2D eigenvalue weighted by atomic mass is 16.5. The van der Waals surface area contributed by atoms with Gasteiger partial charge in [0.25, 0.3) is 5.91 Å². The fourth-order valence-corrected chi connectivity index (χ4v) is 2.27. The van der Waals surface area contributed by atoms with E-state index in [1.807, 2.05) is 56.3 Å². The fourth-order valence-electron chi connectivity index (χ4n) is 2.27. The molecule has 1 N–H and O–H groups in total. The normalized spacial score (nSPS) is 10.5. The Bertz CT molecular complexity index is 840. The third-order valence-electron chi connectivity index (χ3n) is 3.42. The van der Waals surface area contributed by atoms with E-state index in [0.717, 1.165) is 16.7 Å². The van der Waals surface area contributed by atoms with Crippen molar-refractivity contribution in [1.82, 2.24) is 15.5 Å². The summed E-state index contributed by atoms with van der Waals surface area (Å²) >= 11 is 0. The van der Waals surface area contributed by atoms with E-state index < -0.39 is 0 Å². The summed E-state index contributed by atoms with van der Waals surface area (Å²) in [6, 6.07) is 15.3. The van der Waals surface area contributed by atoms with Crippen molar-refractivity contribution >= 4 is 5.91 Å². The summed E-state index contributed by atoms with van der Waals surface area (Å²) in [4.78, 5) is 16.4. The average molecular weight is 307 g/mol. The Morgan fingerprint density at radius 2 is 1.83 bits per heavy atom. The van der Waals surface area contributed by atoms with Gasteiger partial charge in [-0.1, -0.05) is 46.6 Å². The molecule has 116 valence electrons. The lowest BCUT2D eigenvalue weighted by atomic mass is 10.1. The number of aromatic nitrogens is 2. The molecule has 5 nitrogen and oxygen atoms in total. The summed E-state index contributed by atoms with van der Waals surface area (Å²) in [6.07, 6.45) is 0. The predicted octanol–water partition coefficient (Wildman–Crippen LogP) is 3.28. The number of hydrogen-bond acceptors (Lipinski definition) is 4. The van der Waals surface area contributed by atoms with Gasteiger partial charge in [0.15, 0.2) is 0 Å². The molecule has 1 aromatic heterocycles. The first kappa shape index (κ1) is 15.0. The molecule has 0 radical (unpaired) electrons. The number of hydrogen-bond donors (Lipinski definition) is 1. The Kier molecular flexibility index (Phi) is 4.19. The second kappa shape index (κ2) is 6.44. The van der Waals surface area contributed by atoms with Crippen LogP contribution in [0.25, 0.3) is 11.4 Å². The van der Waals surface area contributed by atoms with Crippen LogP contribution in [-0.4, -0.2) is 16.0 Å². The molecule has 3 aromatic rings.